The monoisotopic (exact) mass is 378 g/mol. The predicted molar refractivity (Wildman–Crippen MR) is 108 cm³/mol. The van der Waals surface area contributed by atoms with Crippen LogP contribution in [0.4, 0.5) is 0 Å². The van der Waals surface area contributed by atoms with E-state index in [0.717, 1.165) is 16.7 Å². The molecule has 0 aliphatic carbocycles. The first-order chi connectivity index (χ1) is 13.3. The Hall–Kier alpha value is -3.60. The molecule has 0 saturated heterocycles. The van der Waals surface area contributed by atoms with E-state index in [9.17, 15) is 9.59 Å². The number of carbonyl (C=O) groups is 2. The molecule has 0 amide bonds. The van der Waals surface area contributed by atoms with Crippen LogP contribution in [-0.4, -0.2) is 22.2 Å². The second-order valence-electron chi connectivity index (χ2n) is 6.33. The standard InChI is InChI=1S/C13H10O3.C10H12O2/c14-13(15)10-5-4-8-12(9-10)16-11-6-2-1-3-7-11;1-6-4-7(2)9(10(11)12)8(3)5-6/h1-9H,(H,14,15);4-5H,1-3H3,(H,11,12). The third kappa shape index (κ3) is 5.71. The highest BCUT2D eigenvalue weighted by Gasteiger charge is 2.10. The Morgan fingerprint density at radius 3 is 1.82 bits per heavy atom. The molecule has 0 saturated carbocycles. The average molecular weight is 378 g/mol. The van der Waals surface area contributed by atoms with Gasteiger partial charge in [0.2, 0.25) is 0 Å². The molecule has 0 heterocycles. The molecule has 28 heavy (non-hydrogen) atoms. The third-order valence-electron chi connectivity index (χ3n) is 3.95. The quantitative estimate of drug-likeness (QED) is 0.627. The molecular formula is C23H22O5. The van der Waals surface area contributed by atoms with E-state index >= 15 is 0 Å². The van der Waals surface area contributed by atoms with E-state index in [0.29, 0.717) is 17.1 Å². The summed E-state index contributed by atoms with van der Waals surface area (Å²) >= 11 is 0. The summed E-state index contributed by atoms with van der Waals surface area (Å²) in [5.74, 6) is -0.598. The van der Waals surface area contributed by atoms with E-state index in [-0.39, 0.29) is 5.56 Å². The molecular weight excluding hydrogens is 356 g/mol. The zero-order chi connectivity index (χ0) is 20.7. The van der Waals surface area contributed by atoms with Crippen molar-refractivity contribution in [3.05, 3.63) is 94.5 Å². The molecule has 0 aromatic heterocycles. The van der Waals surface area contributed by atoms with Crippen LogP contribution in [0.1, 0.15) is 37.4 Å². The minimum Gasteiger partial charge on any atom is -0.478 e. The number of aromatic carboxylic acids is 2. The van der Waals surface area contributed by atoms with Gasteiger partial charge >= 0.3 is 11.9 Å². The summed E-state index contributed by atoms with van der Waals surface area (Å²) in [7, 11) is 0. The maximum Gasteiger partial charge on any atom is 0.336 e. The highest BCUT2D eigenvalue weighted by atomic mass is 16.5. The highest BCUT2D eigenvalue weighted by Crippen LogP contribution is 2.21. The number of benzene rings is 3. The molecule has 0 aliphatic heterocycles. The van der Waals surface area contributed by atoms with E-state index in [2.05, 4.69) is 0 Å². The lowest BCUT2D eigenvalue weighted by molar-refractivity contribution is 0.0685. The van der Waals surface area contributed by atoms with E-state index in [1.165, 1.54) is 12.1 Å². The highest BCUT2D eigenvalue weighted by molar-refractivity contribution is 5.91. The Bertz CT molecular complexity index is 954. The van der Waals surface area contributed by atoms with Crippen LogP contribution in [0.2, 0.25) is 0 Å². The van der Waals surface area contributed by atoms with Crippen molar-refractivity contribution in [1.29, 1.82) is 0 Å². The van der Waals surface area contributed by atoms with Crippen LogP contribution in [0.15, 0.2) is 66.7 Å². The van der Waals surface area contributed by atoms with Crippen molar-refractivity contribution < 1.29 is 24.5 Å². The lowest BCUT2D eigenvalue weighted by Gasteiger charge is -2.05. The van der Waals surface area contributed by atoms with Gasteiger partial charge in [-0.2, -0.15) is 0 Å². The summed E-state index contributed by atoms with van der Waals surface area (Å²) in [6.45, 7) is 5.61. The van der Waals surface area contributed by atoms with Crippen LogP contribution in [-0.2, 0) is 0 Å². The van der Waals surface area contributed by atoms with Crippen LogP contribution in [0.25, 0.3) is 0 Å². The molecule has 0 aliphatic rings. The molecule has 2 N–H and O–H groups in total. The van der Waals surface area contributed by atoms with Crippen molar-refractivity contribution in [3.63, 3.8) is 0 Å². The summed E-state index contributed by atoms with van der Waals surface area (Å²) in [6.07, 6.45) is 0. The molecule has 0 spiro atoms. The first-order valence-electron chi connectivity index (χ1n) is 8.65. The third-order valence-corrected chi connectivity index (χ3v) is 3.95. The van der Waals surface area contributed by atoms with Gasteiger partial charge in [-0.3, -0.25) is 0 Å². The summed E-state index contributed by atoms with van der Waals surface area (Å²) in [6, 6.07) is 19.4. The van der Waals surface area contributed by atoms with Gasteiger partial charge in [0.25, 0.3) is 0 Å². The number of para-hydroxylation sites is 1. The molecule has 5 nitrogen and oxygen atoms in total. The second kappa shape index (κ2) is 9.37. The number of hydrogen-bond acceptors (Lipinski definition) is 3. The van der Waals surface area contributed by atoms with Crippen molar-refractivity contribution in [3.8, 4) is 11.5 Å². The number of carboxylic acids is 2. The fourth-order valence-corrected chi connectivity index (χ4v) is 2.83. The molecule has 3 rings (SSSR count). The summed E-state index contributed by atoms with van der Waals surface area (Å²) in [4.78, 5) is 21.5. The van der Waals surface area contributed by atoms with E-state index in [4.69, 9.17) is 14.9 Å². The topological polar surface area (TPSA) is 83.8 Å². The molecule has 5 heteroatoms. The SMILES string of the molecule is Cc1cc(C)c(C(=O)O)c(C)c1.O=C(O)c1cccc(Oc2ccccc2)c1. The van der Waals surface area contributed by atoms with Crippen LogP contribution >= 0.6 is 0 Å². The zero-order valence-electron chi connectivity index (χ0n) is 16.0. The maximum atomic E-state index is 10.8. The normalized spacial score (nSPS) is 9.82. The Labute approximate surface area is 163 Å². The molecule has 0 atom stereocenters. The van der Waals surface area contributed by atoms with Gasteiger partial charge in [-0.15, -0.1) is 0 Å². The predicted octanol–water partition coefficient (Wildman–Crippen LogP) is 5.49. The number of ether oxygens (including phenoxy) is 1. The van der Waals surface area contributed by atoms with Crippen LogP contribution in [0, 0.1) is 20.8 Å². The van der Waals surface area contributed by atoms with Crippen LogP contribution in [0.5, 0.6) is 11.5 Å². The molecule has 0 radical (unpaired) electrons. The van der Waals surface area contributed by atoms with Crippen molar-refractivity contribution >= 4 is 11.9 Å². The lowest BCUT2D eigenvalue weighted by atomic mass is 10.0. The fraction of sp³-hybridized carbons (Fsp3) is 0.130. The van der Waals surface area contributed by atoms with Gasteiger partial charge in [-0.25, -0.2) is 9.59 Å². The molecule has 0 bridgehead atoms. The maximum absolute atomic E-state index is 10.8. The molecule has 3 aromatic carbocycles. The van der Waals surface area contributed by atoms with Crippen LogP contribution < -0.4 is 4.74 Å². The van der Waals surface area contributed by atoms with Crippen molar-refractivity contribution in [1.82, 2.24) is 0 Å². The second-order valence-corrected chi connectivity index (χ2v) is 6.33. The van der Waals surface area contributed by atoms with Gasteiger partial charge in [-0.05, 0) is 62.2 Å². The van der Waals surface area contributed by atoms with Crippen molar-refractivity contribution in [2.75, 3.05) is 0 Å². The summed E-state index contributed by atoms with van der Waals surface area (Å²) < 4.78 is 5.51. The fourth-order valence-electron chi connectivity index (χ4n) is 2.83. The Morgan fingerprint density at radius 2 is 1.29 bits per heavy atom. The molecule has 0 fully saturated rings. The van der Waals surface area contributed by atoms with Gasteiger partial charge < -0.3 is 14.9 Å². The Morgan fingerprint density at radius 1 is 0.714 bits per heavy atom. The number of hydrogen-bond donors (Lipinski definition) is 2. The van der Waals surface area contributed by atoms with Gasteiger partial charge in [-0.1, -0.05) is 42.0 Å². The van der Waals surface area contributed by atoms with Crippen molar-refractivity contribution in [2.24, 2.45) is 0 Å². The largest absolute Gasteiger partial charge is 0.478 e. The Balaban J connectivity index is 0.000000209. The number of rotatable bonds is 4. The molecule has 0 unspecified atom stereocenters. The minimum atomic E-state index is -0.960. The van der Waals surface area contributed by atoms with E-state index in [1.807, 2.05) is 63.2 Å². The smallest absolute Gasteiger partial charge is 0.336 e. The first-order valence-corrected chi connectivity index (χ1v) is 8.65. The minimum absolute atomic E-state index is 0.216. The zero-order valence-corrected chi connectivity index (χ0v) is 16.0. The lowest BCUT2D eigenvalue weighted by Crippen LogP contribution is -2.03. The Kier molecular flexibility index (Phi) is 6.93. The average Bonchev–Trinajstić information content (AvgIpc) is 2.62. The van der Waals surface area contributed by atoms with Gasteiger partial charge in [0.15, 0.2) is 0 Å². The van der Waals surface area contributed by atoms with Crippen LogP contribution in [0.3, 0.4) is 0 Å². The van der Waals surface area contributed by atoms with Crippen molar-refractivity contribution in [2.45, 2.75) is 20.8 Å². The van der Waals surface area contributed by atoms with E-state index < -0.39 is 11.9 Å². The first kappa shape index (κ1) is 20.7. The van der Waals surface area contributed by atoms with Gasteiger partial charge in [0.05, 0.1) is 11.1 Å². The number of aryl methyl sites for hydroxylation is 3. The summed E-state index contributed by atoms with van der Waals surface area (Å²) in [5, 5.41) is 17.7. The van der Waals surface area contributed by atoms with Gasteiger partial charge in [0.1, 0.15) is 11.5 Å². The molecule has 3 aromatic rings. The summed E-state index contributed by atoms with van der Waals surface area (Å²) in [5.41, 5.74) is 3.42. The van der Waals surface area contributed by atoms with Gasteiger partial charge in [0, 0.05) is 0 Å². The molecule has 144 valence electrons. The van der Waals surface area contributed by atoms with E-state index in [1.54, 1.807) is 12.1 Å². The number of carboxylic acid groups (broad SMARTS) is 2.